The van der Waals surface area contributed by atoms with Crippen molar-refractivity contribution in [2.24, 2.45) is 0 Å². The number of rotatable bonds is 4. The molecule has 1 heterocycles. The summed E-state index contributed by atoms with van der Waals surface area (Å²) < 4.78 is 1.01. The van der Waals surface area contributed by atoms with E-state index in [-0.39, 0.29) is 6.10 Å². The fourth-order valence-electron chi connectivity index (χ4n) is 2.80. The minimum absolute atomic E-state index is 0.231. The number of hydrogen-bond acceptors (Lipinski definition) is 2. The van der Waals surface area contributed by atoms with Crippen molar-refractivity contribution in [1.82, 2.24) is 4.90 Å². The van der Waals surface area contributed by atoms with E-state index in [1.165, 1.54) is 24.8 Å². The molecular formula is C15H21BrClNO. The molecule has 0 bridgehead atoms. The Bertz CT molecular complexity index is 425. The van der Waals surface area contributed by atoms with Crippen LogP contribution in [-0.4, -0.2) is 28.7 Å². The van der Waals surface area contributed by atoms with Gasteiger partial charge in [0, 0.05) is 22.1 Å². The fourth-order valence-corrected chi connectivity index (χ4v) is 3.53. The van der Waals surface area contributed by atoms with Gasteiger partial charge in [0.1, 0.15) is 0 Å². The smallest absolute Gasteiger partial charge is 0.0527 e. The first-order valence-corrected chi connectivity index (χ1v) is 8.09. The molecule has 0 radical (unpaired) electrons. The lowest BCUT2D eigenvalue weighted by atomic mass is 9.96. The lowest BCUT2D eigenvalue weighted by molar-refractivity contribution is 0.0818. The quantitative estimate of drug-likeness (QED) is 0.882. The molecule has 1 N–H and O–H groups in total. The van der Waals surface area contributed by atoms with Gasteiger partial charge < -0.3 is 5.11 Å². The van der Waals surface area contributed by atoms with Crippen molar-refractivity contribution in [3.63, 3.8) is 0 Å². The SMILES string of the molecule is CC(O)CC1CCCCN1Cc1ccc(Br)cc1Cl. The number of likely N-dealkylation sites (tertiary alicyclic amines) is 1. The van der Waals surface area contributed by atoms with Crippen molar-refractivity contribution in [3.8, 4) is 0 Å². The Kier molecular flexibility index (Phi) is 5.70. The molecule has 19 heavy (non-hydrogen) atoms. The van der Waals surface area contributed by atoms with Crippen LogP contribution in [0.15, 0.2) is 22.7 Å². The van der Waals surface area contributed by atoms with Crippen LogP contribution in [-0.2, 0) is 6.54 Å². The van der Waals surface area contributed by atoms with Crippen LogP contribution in [0.5, 0.6) is 0 Å². The van der Waals surface area contributed by atoms with Gasteiger partial charge in [0.15, 0.2) is 0 Å². The average molecular weight is 347 g/mol. The van der Waals surface area contributed by atoms with Gasteiger partial charge in [-0.3, -0.25) is 4.90 Å². The van der Waals surface area contributed by atoms with Crippen molar-refractivity contribution >= 4 is 27.5 Å². The van der Waals surface area contributed by atoms with Gasteiger partial charge in [-0.1, -0.05) is 40.0 Å². The molecule has 1 aromatic carbocycles. The first-order valence-electron chi connectivity index (χ1n) is 6.92. The van der Waals surface area contributed by atoms with E-state index >= 15 is 0 Å². The second-order valence-corrected chi connectivity index (χ2v) is 6.76. The van der Waals surface area contributed by atoms with E-state index in [4.69, 9.17) is 11.6 Å². The first-order chi connectivity index (χ1) is 9.06. The Labute approximate surface area is 128 Å². The normalized spacial score (nSPS) is 22.4. The molecule has 1 aliphatic heterocycles. The maximum atomic E-state index is 9.62. The minimum Gasteiger partial charge on any atom is -0.393 e. The summed E-state index contributed by atoms with van der Waals surface area (Å²) in [6.45, 7) is 3.85. The van der Waals surface area contributed by atoms with Crippen LogP contribution in [0.3, 0.4) is 0 Å². The molecule has 0 amide bonds. The average Bonchev–Trinajstić information content (AvgIpc) is 2.34. The van der Waals surface area contributed by atoms with E-state index < -0.39 is 0 Å². The van der Waals surface area contributed by atoms with E-state index in [1.807, 2.05) is 19.1 Å². The highest BCUT2D eigenvalue weighted by Crippen LogP contribution is 2.27. The molecule has 1 fully saturated rings. The predicted octanol–water partition coefficient (Wildman–Crippen LogP) is 4.23. The molecule has 0 spiro atoms. The maximum Gasteiger partial charge on any atom is 0.0527 e. The van der Waals surface area contributed by atoms with Crippen molar-refractivity contribution in [2.45, 2.75) is 51.3 Å². The van der Waals surface area contributed by atoms with E-state index in [1.54, 1.807) is 0 Å². The summed E-state index contributed by atoms with van der Waals surface area (Å²) in [4.78, 5) is 2.46. The molecule has 4 heteroatoms. The summed E-state index contributed by atoms with van der Waals surface area (Å²) in [5.74, 6) is 0. The molecule has 106 valence electrons. The Morgan fingerprint density at radius 1 is 1.47 bits per heavy atom. The highest BCUT2D eigenvalue weighted by molar-refractivity contribution is 9.10. The number of nitrogens with zero attached hydrogens (tertiary/aromatic N) is 1. The lowest BCUT2D eigenvalue weighted by Gasteiger charge is -2.36. The number of piperidine rings is 1. The second kappa shape index (κ2) is 7.07. The fraction of sp³-hybridized carbons (Fsp3) is 0.600. The van der Waals surface area contributed by atoms with Gasteiger partial charge in [-0.25, -0.2) is 0 Å². The summed E-state index contributed by atoms with van der Waals surface area (Å²) in [6.07, 6.45) is 4.31. The van der Waals surface area contributed by atoms with Crippen LogP contribution in [0.1, 0.15) is 38.2 Å². The Hall–Kier alpha value is -0.0900. The van der Waals surface area contributed by atoms with Gasteiger partial charge in [0.25, 0.3) is 0 Å². The molecule has 1 saturated heterocycles. The van der Waals surface area contributed by atoms with Crippen LogP contribution in [0.2, 0.25) is 5.02 Å². The van der Waals surface area contributed by atoms with Crippen molar-refractivity contribution in [1.29, 1.82) is 0 Å². The third-order valence-corrected chi connectivity index (χ3v) is 4.60. The van der Waals surface area contributed by atoms with Gasteiger partial charge in [-0.15, -0.1) is 0 Å². The maximum absolute atomic E-state index is 9.62. The molecule has 0 aliphatic carbocycles. The Balaban J connectivity index is 2.06. The van der Waals surface area contributed by atoms with Crippen LogP contribution < -0.4 is 0 Å². The lowest BCUT2D eigenvalue weighted by Crippen LogP contribution is -2.40. The topological polar surface area (TPSA) is 23.5 Å². The van der Waals surface area contributed by atoms with E-state index in [2.05, 4.69) is 26.9 Å². The third kappa shape index (κ3) is 4.45. The number of aliphatic hydroxyl groups excluding tert-OH is 1. The van der Waals surface area contributed by atoms with Crippen LogP contribution in [0.4, 0.5) is 0 Å². The molecule has 2 nitrogen and oxygen atoms in total. The Morgan fingerprint density at radius 3 is 2.95 bits per heavy atom. The minimum atomic E-state index is -0.231. The van der Waals surface area contributed by atoms with Crippen LogP contribution in [0, 0.1) is 0 Å². The molecule has 1 aromatic rings. The van der Waals surface area contributed by atoms with Gasteiger partial charge in [0.05, 0.1) is 6.10 Å². The highest BCUT2D eigenvalue weighted by atomic mass is 79.9. The number of hydrogen-bond donors (Lipinski definition) is 1. The van der Waals surface area contributed by atoms with Gasteiger partial charge in [-0.2, -0.15) is 0 Å². The molecule has 2 unspecified atom stereocenters. The van der Waals surface area contributed by atoms with E-state index in [9.17, 15) is 5.11 Å². The zero-order valence-electron chi connectivity index (χ0n) is 11.3. The van der Waals surface area contributed by atoms with Crippen molar-refractivity contribution in [2.75, 3.05) is 6.54 Å². The first kappa shape index (κ1) is 15.3. The van der Waals surface area contributed by atoms with E-state index in [0.29, 0.717) is 6.04 Å². The molecular weight excluding hydrogens is 326 g/mol. The molecule has 2 rings (SSSR count). The summed E-state index contributed by atoms with van der Waals surface area (Å²) in [5, 5.41) is 10.4. The summed E-state index contributed by atoms with van der Waals surface area (Å²) >= 11 is 9.73. The van der Waals surface area contributed by atoms with Gasteiger partial charge in [0.2, 0.25) is 0 Å². The number of halogens is 2. The monoisotopic (exact) mass is 345 g/mol. The van der Waals surface area contributed by atoms with Crippen LogP contribution >= 0.6 is 27.5 Å². The summed E-state index contributed by atoms with van der Waals surface area (Å²) in [7, 11) is 0. The summed E-state index contributed by atoms with van der Waals surface area (Å²) in [6, 6.07) is 6.55. The number of aliphatic hydroxyl groups is 1. The number of benzene rings is 1. The molecule has 0 aromatic heterocycles. The van der Waals surface area contributed by atoms with Crippen molar-refractivity contribution in [3.05, 3.63) is 33.3 Å². The largest absolute Gasteiger partial charge is 0.393 e. The highest BCUT2D eigenvalue weighted by Gasteiger charge is 2.24. The van der Waals surface area contributed by atoms with Gasteiger partial charge in [-0.05, 0) is 50.4 Å². The van der Waals surface area contributed by atoms with Crippen molar-refractivity contribution < 1.29 is 5.11 Å². The van der Waals surface area contributed by atoms with E-state index in [0.717, 1.165) is 29.0 Å². The molecule has 0 saturated carbocycles. The van der Waals surface area contributed by atoms with Gasteiger partial charge >= 0.3 is 0 Å². The standard InChI is InChI=1S/C15H21BrClNO/c1-11(19)8-14-4-2-3-7-18(14)10-12-5-6-13(16)9-15(12)17/h5-6,9,11,14,19H,2-4,7-8,10H2,1H3. The Morgan fingerprint density at radius 2 is 2.26 bits per heavy atom. The summed E-state index contributed by atoms with van der Waals surface area (Å²) in [5.41, 5.74) is 1.17. The molecule has 1 aliphatic rings. The second-order valence-electron chi connectivity index (χ2n) is 5.44. The van der Waals surface area contributed by atoms with Crippen LogP contribution in [0.25, 0.3) is 0 Å². The zero-order valence-corrected chi connectivity index (χ0v) is 13.6. The molecule has 2 atom stereocenters. The predicted molar refractivity (Wildman–Crippen MR) is 83.5 cm³/mol. The zero-order chi connectivity index (χ0) is 13.8. The third-order valence-electron chi connectivity index (χ3n) is 3.75.